The van der Waals surface area contributed by atoms with Crippen LogP contribution in [-0.2, 0) is 14.3 Å². The lowest BCUT2D eigenvalue weighted by atomic mass is 10.2. The molecule has 1 amide bonds. The minimum absolute atomic E-state index is 0.0828. The average Bonchev–Trinajstić information content (AvgIpc) is 2.79. The van der Waals surface area contributed by atoms with Crippen LogP contribution in [0.1, 0.15) is 25.3 Å². The second kappa shape index (κ2) is 8.21. The molecule has 1 aliphatic rings. The molecule has 1 saturated heterocycles. The summed E-state index contributed by atoms with van der Waals surface area (Å²) in [5.74, 6) is -1.08. The number of benzene rings is 1. The zero-order valence-corrected chi connectivity index (χ0v) is 14.2. The van der Waals surface area contributed by atoms with Gasteiger partial charge in [-0.2, -0.15) is 0 Å². The van der Waals surface area contributed by atoms with E-state index in [1.54, 1.807) is 18.2 Å². The Morgan fingerprint density at radius 2 is 2.17 bits per heavy atom. The fraction of sp³-hybridized carbons (Fsp3) is 0.312. The molecule has 7 heteroatoms. The third-order valence-corrected chi connectivity index (χ3v) is 4.45. The quantitative estimate of drug-likeness (QED) is 0.446. The molecule has 1 aliphatic heterocycles. The first-order chi connectivity index (χ1) is 11.0. The monoisotopic (exact) mass is 353 g/mol. The van der Waals surface area contributed by atoms with Gasteiger partial charge in [0.15, 0.2) is 0 Å². The predicted molar refractivity (Wildman–Crippen MR) is 92.1 cm³/mol. The van der Waals surface area contributed by atoms with E-state index in [0.717, 1.165) is 18.2 Å². The minimum Gasteiger partial charge on any atom is -0.466 e. The van der Waals surface area contributed by atoms with E-state index >= 15 is 0 Å². The third kappa shape index (κ3) is 4.62. The second-order valence-corrected chi connectivity index (χ2v) is 6.50. The summed E-state index contributed by atoms with van der Waals surface area (Å²) >= 11 is 6.27. The van der Waals surface area contributed by atoms with Crippen LogP contribution in [0.4, 0.5) is 4.39 Å². The maximum atomic E-state index is 13.7. The summed E-state index contributed by atoms with van der Waals surface area (Å²) in [4.78, 5) is 25.5. The number of hydrogen-bond donors (Lipinski definition) is 0. The summed E-state index contributed by atoms with van der Waals surface area (Å²) in [6.07, 6.45) is 2.31. The van der Waals surface area contributed by atoms with Gasteiger partial charge in [0.2, 0.25) is 0 Å². The molecular formula is C16H16FNO3S2. The summed E-state index contributed by atoms with van der Waals surface area (Å²) < 4.78 is 19.0. The maximum Gasteiger partial charge on any atom is 0.307 e. The maximum absolute atomic E-state index is 13.7. The van der Waals surface area contributed by atoms with Crippen LogP contribution in [0.2, 0.25) is 0 Å². The van der Waals surface area contributed by atoms with Crippen molar-refractivity contribution in [3.05, 3.63) is 40.6 Å². The van der Waals surface area contributed by atoms with E-state index in [0.29, 0.717) is 21.4 Å². The Kier molecular flexibility index (Phi) is 6.29. The molecule has 0 aromatic heterocycles. The van der Waals surface area contributed by atoms with Gasteiger partial charge >= 0.3 is 5.97 Å². The fourth-order valence-corrected chi connectivity index (χ4v) is 3.22. The van der Waals surface area contributed by atoms with E-state index in [4.69, 9.17) is 17.0 Å². The molecule has 0 saturated carbocycles. The lowest BCUT2D eigenvalue weighted by Gasteiger charge is -2.13. The van der Waals surface area contributed by atoms with Crippen molar-refractivity contribution in [3.8, 4) is 0 Å². The molecule has 1 heterocycles. The molecule has 4 nitrogen and oxygen atoms in total. The van der Waals surface area contributed by atoms with Gasteiger partial charge in [0.05, 0.1) is 17.9 Å². The van der Waals surface area contributed by atoms with Crippen molar-refractivity contribution in [2.24, 2.45) is 0 Å². The highest BCUT2D eigenvalue weighted by Gasteiger charge is 2.32. The summed E-state index contributed by atoms with van der Waals surface area (Å²) in [5.41, 5.74) is 0.329. The van der Waals surface area contributed by atoms with E-state index in [-0.39, 0.29) is 24.8 Å². The van der Waals surface area contributed by atoms with Crippen LogP contribution in [0.3, 0.4) is 0 Å². The number of amides is 1. The number of carbonyl (C=O) groups is 2. The van der Waals surface area contributed by atoms with Crippen LogP contribution >= 0.6 is 24.0 Å². The van der Waals surface area contributed by atoms with E-state index in [1.165, 1.54) is 17.0 Å². The van der Waals surface area contributed by atoms with Crippen molar-refractivity contribution >= 4 is 46.3 Å². The number of carbonyl (C=O) groups excluding carboxylic acids is 2. The van der Waals surface area contributed by atoms with Crippen molar-refractivity contribution in [3.63, 3.8) is 0 Å². The fourth-order valence-electron chi connectivity index (χ4n) is 1.92. The van der Waals surface area contributed by atoms with E-state index in [1.807, 2.05) is 6.92 Å². The topological polar surface area (TPSA) is 46.6 Å². The van der Waals surface area contributed by atoms with Gasteiger partial charge in [-0.1, -0.05) is 49.1 Å². The average molecular weight is 353 g/mol. The summed E-state index contributed by atoms with van der Waals surface area (Å²) in [6.45, 7) is 2.44. The van der Waals surface area contributed by atoms with Crippen LogP contribution in [0.5, 0.6) is 0 Å². The van der Waals surface area contributed by atoms with Crippen LogP contribution in [0.15, 0.2) is 29.2 Å². The van der Waals surface area contributed by atoms with Crippen LogP contribution < -0.4 is 0 Å². The van der Waals surface area contributed by atoms with Gasteiger partial charge in [-0.25, -0.2) is 4.39 Å². The van der Waals surface area contributed by atoms with Gasteiger partial charge in [-0.3, -0.25) is 14.5 Å². The van der Waals surface area contributed by atoms with Gasteiger partial charge in [-0.15, -0.1) is 0 Å². The lowest BCUT2D eigenvalue weighted by molar-refractivity contribution is -0.143. The van der Waals surface area contributed by atoms with Gasteiger partial charge < -0.3 is 4.74 Å². The van der Waals surface area contributed by atoms with Gasteiger partial charge in [-0.05, 0) is 18.6 Å². The Morgan fingerprint density at radius 3 is 2.87 bits per heavy atom. The zero-order valence-electron chi connectivity index (χ0n) is 12.6. The van der Waals surface area contributed by atoms with Crippen molar-refractivity contribution in [2.75, 3.05) is 13.2 Å². The number of thioether (sulfide) groups is 1. The Bertz CT molecular complexity index is 660. The number of ether oxygens (including phenoxy) is 1. The molecule has 23 heavy (non-hydrogen) atoms. The zero-order chi connectivity index (χ0) is 16.8. The largest absolute Gasteiger partial charge is 0.466 e. The number of esters is 1. The molecule has 0 radical (unpaired) electrons. The Morgan fingerprint density at radius 1 is 1.43 bits per heavy atom. The Labute approximate surface area is 143 Å². The van der Waals surface area contributed by atoms with Crippen LogP contribution in [-0.4, -0.2) is 34.2 Å². The molecule has 1 fully saturated rings. The van der Waals surface area contributed by atoms with Gasteiger partial charge in [0, 0.05) is 12.1 Å². The molecular weight excluding hydrogens is 337 g/mol. The summed E-state index contributed by atoms with van der Waals surface area (Å²) in [5, 5.41) is 0. The highest BCUT2D eigenvalue weighted by atomic mass is 32.2. The first-order valence-corrected chi connectivity index (χ1v) is 8.41. The highest BCUT2D eigenvalue weighted by Crippen LogP contribution is 2.32. The molecule has 0 bridgehead atoms. The van der Waals surface area contributed by atoms with Crippen LogP contribution in [0.25, 0.3) is 6.08 Å². The molecule has 0 N–H and O–H groups in total. The molecule has 1 aromatic carbocycles. The summed E-state index contributed by atoms with van der Waals surface area (Å²) in [7, 11) is 0. The number of halogens is 1. The SMILES string of the molecule is CCCOC(=O)CCN1C(=O)/C(=C/c2ccccc2F)SC1=S. The molecule has 122 valence electrons. The van der Waals surface area contributed by atoms with Gasteiger partial charge in [0.1, 0.15) is 10.1 Å². The normalized spacial score (nSPS) is 16.3. The van der Waals surface area contributed by atoms with E-state index in [2.05, 4.69) is 0 Å². The highest BCUT2D eigenvalue weighted by molar-refractivity contribution is 8.26. The van der Waals surface area contributed by atoms with E-state index in [9.17, 15) is 14.0 Å². The summed E-state index contributed by atoms with van der Waals surface area (Å²) in [6, 6.07) is 6.19. The molecule has 0 aliphatic carbocycles. The number of hydrogen-bond acceptors (Lipinski definition) is 5. The van der Waals surface area contributed by atoms with Gasteiger partial charge in [0.25, 0.3) is 5.91 Å². The molecule has 0 atom stereocenters. The number of thiocarbonyl (C=S) groups is 1. The number of rotatable bonds is 6. The minimum atomic E-state index is -0.402. The number of nitrogens with zero attached hydrogens (tertiary/aromatic N) is 1. The standard InChI is InChI=1S/C16H16FNO3S2/c1-2-9-21-14(19)7-8-18-15(20)13(23-16(18)22)10-11-5-3-4-6-12(11)17/h3-6,10H,2,7-9H2,1H3/b13-10-. The van der Waals surface area contributed by atoms with Crippen molar-refractivity contribution < 1.29 is 18.7 Å². The Balaban J connectivity index is 2.03. The van der Waals surface area contributed by atoms with Crippen molar-refractivity contribution in [1.82, 2.24) is 4.90 Å². The molecule has 2 rings (SSSR count). The predicted octanol–water partition coefficient (Wildman–Crippen LogP) is 3.37. The second-order valence-electron chi connectivity index (χ2n) is 4.83. The lowest BCUT2D eigenvalue weighted by Crippen LogP contribution is -2.30. The molecule has 0 spiro atoms. The molecule has 1 aromatic rings. The van der Waals surface area contributed by atoms with Crippen molar-refractivity contribution in [1.29, 1.82) is 0 Å². The van der Waals surface area contributed by atoms with Crippen molar-refractivity contribution in [2.45, 2.75) is 19.8 Å². The van der Waals surface area contributed by atoms with Crippen LogP contribution in [0, 0.1) is 5.82 Å². The first-order valence-electron chi connectivity index (χ1n) is 7.18. The Hall–Kier alpha value is -1.73. The third-order valence-electron chi connectivity index (χ3n) is 3.07. The first kappa shape index (κ1) is 17.6. The molecule has 0 unspecified atom stereocenters. The smallest absolute Gasteiger partial charge is 0.307 e. The van der Waals surface area contributed by atoms with E-state index < -0.39 is 5.82 Å².